The van der Waals surface area contributed by atoms with Crippen LogP contribution in [0.4, 0.5) is 5.13 Å². The van der Waals surface area contributed by atoms with E-state index < -0.39 is 11.8 Å². The van der Waals surface area contributed by atoms with E-state index in [9.17, 15) is 19.2 Å². The van der Waals surface area contributed by atoms with Crippen molar-refractivity contribution in [2.24, 2.45) is 5.92 Å². The van der Waals surface area contributed by atoms with Gasteiger partial charge in [0.25, 0.3) is 23.6 Å². The lowest BCUT2D eigenvalue weighted by Gasteiger charge is -2.33. The van der Waals surface area contributed by atoms with Crippen LogP contribution in [-0.4, -0.2) is 39.6 Å². The standard InChI is InChI=1S/C37H25N3O4S/c1-17(2)16-18(3)39-33(41)23-12-8-19-21-10-14-25-32-26(36(44)40(35(25)43)37-38-27-6-4-5-7-28(27)45-37)15-11-22(30(21)32)20-9-13-24(34(39)42)31(23)29(19)20/h4-15,17-18H,16H2,1-3H3. The second-order valence-corrected chi connectivity index (χ2v) is 13.5. The molecule has 4 amide bonds. The molecule has 2 aliphatic heterocycles. The molecule has 3 heterocycles. The van der Waals surface area contributed by atoms with Crippen molar-refractivity contribution in [1.29, 1.82) is 0 Å². The highest BCUT2D eigenvalue weighted by molar-refractivity contribution is 7.22. The van der Waals surface area contributed by atoms with Crippen LogP contribution in [0.2, 0.25) is 0 Å². The van der Waals surface area contributed by atoms with Crippen molar-refractivity contribution in [1.82, 2.24) is 9.88 Å². The van der Waals surface area contributed by atoms with E-state index in [1.807, 2.05) is 67.6 Å². The topological polar surface area (TPSA) is 87.7 Å². The van der Waals surface area contributed by atoms with Gasteiger partial charge in [-0.05, 0) is 88.0 Å². The van der Waals surface area contributed by atoms with Crippen molar-refractivity contribution in [3.05, 3.63) is 95.1 Å². The quantitative estimate of drug-likeness (QED) is 0.114. The van der Waals surface area contributed by atoms with E-state index in [0.717, 1.165) is 49.0 Å². The van der Waals surface area contributed by atoms with Crippen LogP contribution < -0.4 is 4.90 Å². The van der Waals surface area contributed by atoms with Gasteiger partial charge in [0.2, 0.25) is 5.13 Å². The minimum absolute atomic E-state index is 0.227. The Morgan fingerprint density at radius 1 is 0.600 bits per heavy atom. The van der Waals surface area contributed by atoms with Gasteiger partial charge in [-0.2, -0.15) is 0 Å². The Morgan fingerprint density at radius 2 is 1.07 bits per heavy atom. The lowest BCUT2D eigenvalue weighted by atomic mass is 9.82. The van der Waals surface area contributed by atoms with Crippen LogP contribution in [-0.2, 0) is 0 Å². The Morgan fingerprint density at radius 3 is 1.53 bits per heavy atom. The number of rotatable bonds is 4. The summed E-state index contributed by atoms with van der Waals surface area (Å²) in [6.45, 7) is 6.10. The number of hydrogen-bond donors (Lipinski definition) is 0. The molecule has 9 rings (SSSR count). The van der Waals surface area contributed by atoms with E-state index in [1.54, 1.807) is 12.1 Å². The monoisotopic (exact) mass is 607 g/mol. The van der Waals surface area contributed by atoms with Gasteiger partial charge < -0.3 is 0 Å². The summed E-state index contributed by atoms with van der Waals surface area (Å²) in [7, 11) is 0. The fraction of sp³-hybridized carbons (Fsp3) is 0.162. The average Bonchev–Trinajstić information content (AvgIpc) is 3.45. The van der Waals surface area contributed by atoms with Gasteiger partial charge in [-0.3, -0.25) is 24.1 Å². The van der Waals surface area contributed by atoms with Gasteiger partial charge in [0, 0.05) is 39.1 Å². The Labute approximate surface area is 261 Å². The number of hydrogen-bond acceptors (Lipinski definition) is 6. The summed E-state index contributed by atoms with van der Waals surface area (Å²) >= 11 is 1.31. The molecule has 1 aromatic heterocycles. The molecule has 0 bridgehead atoms. The second-order valence-electron chi connectivity index (χ2n) is 12.5. The molecule has 8 heteroatoms. The van der Waals surface area contributed by atoms with Gasteiger partial charge in [0.05, 0.1) is 10.2 Å². The van der Waals surface area contributed by atoms with Crippen LogP contribution >= 0.6 is 11.3 Å². The molecule has 0 aliphatic carbocycles. The first-order valence-electron chi connectivity index (χ1n) is 15.1. The van der Waals surface area contributed by atoms with Crippen molar-refractivity contribution >= 4 is 93.4 Å². The molecule has 0 saturated carbocycles. The highest BCUT2D eigenvalue weighted by atomic mass is 32.1. The molecule has 6 aromatic carbocycles. The molecule has 0 spiro atoms. The number of imide groups is 2. The van der Waals surface area contributed by atoms with Crippen LogP contribution in [0.3, 0.4) is 0 Å². The second kappa shape index (κ2) is 8.92. The number of benzene rings is 6. The normalized spacial score (nSPS) is 15.7. The predicted octanol–water partition coefficient (Wildman–Crippen LogP) is 8.18. The van der Waals surface area contributed by atoms with E-state index in [0.29, 0.717) is 44.1 Å². The molecule has 0 saturated heterocycles. The zero-order valence-electron chi connectivity index (χ0n) is 24.7. The van der Waals surface area contributed by atoms with Crippen LogP contribution in [0, 0.1) is 5.92 Å². The Balaban J connectivity index is 1.28. The number of amides is 4. The van der Waals surface area contributed by atoms with Gasteiger partial charge in [0.15, 0.2) is 0 Å². The van der Waals surface area contributed by atoms with Gasteiger partial charge in [-0.15, -0.1) is 0 Å². The summed E-state index contributed by atoms with van der Waals surface area (Å²) in [6.07, 6.45) is 0.722. The van der Waals surface area contributed by atoms with Crippen molar-refractivity contribution in [2.45, 2.75) is 33.2 Å². The largest absolute Gasteiger partial charge is 0.272 e. The van der Waals surface area contributed by atoms with Crippen LogP contribution in [0.5, 0.6) is 0 Å². The summed E-state index contributed by atoms with van der Waals surface area (Å²) in [6, 6.07) is 22.3. The van der Waals surface area contributed by atoms with Crippen molar-refractivity contribution in [3.8, 4) is 0 Å². The molecule has 1 unspecified atom stereocenters. The highest BCUT2D eigenvalue weighted by Crippen LogP contribution is 2.47. The number of nitrogens with zero attached hydrogens (tertiary/aromatic N) is 3. The van der Waals surface area contributed by atoms with E-state index in [1.165, 1.54) is 21.1 Å². The fourth-order valence-electron chi connectivity index (χ4n) is 7.60. The zero-order chi connectivity index (χ0) is 30.9. The maximum atomic E-state index is 14.0. The minimum Gasteiger partial charge on any atom is -0.272 e. The summed E-state index contributed by atoms with van der Waals surface area (Å²) in [5, 5.41) is 6.80. The fourth-order valence-corrected chi connectivity index (χ4v) is 8.57. The lowest BCUT2D eigenvalue weighted by Crippen LogP contribution is -2.46. The summed E-state index contributed by atoms with van der Waals surface area (Å²) < 4.78 is 0.898. The zero-order valence-corrected chi connectivity index (χ0v) is 25.5. The first-order valence-corrected chi connectivity index (χ1v) is 15.9. The van der Waals surface area contributed by atoms with E-state index >= 15 is 0 Å². The number of carbonyl (C=O) groups excluding carboxylic acids is 4. The third-order valence-electron chi connectivity index (χ3n) is 9.39. The smallest absolute Gasteiger partial charge is 0.267 e. The Hall–Kier alpha value is -5.21. The number of thiazole rings is 1. The predicted molar refractivity (Wildman–Crippen MR) is 178 cm³/mol. The van der Waals surface area contributed by atoms with Crippen LogP contribution in [0.15, 0.2) is 72.8 Å². The molecular formula is C37H25N3O4S. The molecular weight excluding hydrogens is 582 g/mol. The maximum Gasteiger partial charge on any atom is 0.267 e. The van der Waals surface area contributed by atoms with Crippen LogP contribution in [0.1, 0.15) is 68.6 Å². The Bertz CT molecular complexity index is 2360. The van der Waals surface area contributed by atoms with Gasteiger partial charge >= 0.3 is 0 Å². The van der Waals surface area contributed by atoms with E-state index in [2.05, 4.69) is 18.8 Å². The molecule has 0 N–H and O–H groups in total. The summed E-state index contributed by atoms with van der Waals surface area (Å²) in [4.78, 5) is 62.9. The first kappa shape index (κ1) is 26.2. The lowest BCUT2D eigenvalue weighted by molar-refractivity contribution is 0.0535. The maximum absolute atomic E-state index is 14.0. The highest BCUT2D eigenvalue weighted by Gasteiger charge is 2.39. The van der Waals surface area contributed by atoms with E-state index in [-0.39, 0.29) is 17.9 Å². The number of anilines is 1. The summed E-state index contributed by atoms with van der Waals surface area (Å²) in [5.41, 5.74) is 2.66. The number of aromatic nitrogens is 1. The van der Waals surface area contributed by atoms with Crippen LogP contribution in [0.25, 0.3) is 53.3 Å². The van der Waals surface area contributed by atoms with Crippen molar-refractivity contribution in [3.63, 3.8) is 0 Å². The summed E-state index contributed by atoms with van der Waals surface area (Å²) in [5.74, 6) is -1.02. The molecule has 7 nitrogen and oxygen atoms in total. The molecule has 2 aliphatic rings. The van der Waals surface area contributed by atoms with Crippen molar-refractivity contribution in [2.75, 3.05) is 4.90 Å². The average molecular weight is 608 g/mol. The SMILES string of the molecule is CC(C)CC(C)N1C(=O)c2ccc3c4ccc5c6c(ccc(c7ccc(c2c37)C1=O)c64)C(=O)N(c1nc2ccccc2s1)C5=O. The third-order valence-corrected chi connectivity index (χ3v) is 10.4. The van der Waals surface area contributed by atoms with Gasteiger partial charge in [-0.1, -0.05) is 61.6 Å². The van der Waals surface area contributed by atoms with Gasteiger partial charge in [-0.25, -0.2) is 9.88 Å². The number of carbonyl (C=O) groups is 4. The molecule has 218 valence electrons. The number of para-hydroxylation sites is 1. The Kier molecular flexibility index (Phi) is 5.20. The van der Waals surface area contributed by atoms with Crippen molar-refractivity contribution < 1.29 is 19.2 Å². The third kappa shape index (κ3) is 3.32. The molecule has 0 fully saturated rings. The molecule has 7 aromatic rings. The van der Waals surface area contributed by atoms with E-state index in [4.69, 9.17) is 0 Å². The molecule has 0 radical (unpaired) electrons. The minimum atomic E-state index is -0.405. The molecule has 45 heavy (non-hydrogen) atoms. The first-order chi connectivity index (χ1) is 21.7. The number of fused-ring (bicyclic) bond motifs is 3. The molecule has 1 atom stereocenters. The van der Waals surface area contributed by atoms with Gasteiger partial charge in [0.1, 0.15) is 0 Å².